The summed E-state index contributed by atoms with van der Waals surface area (Å²) in [6.45, 7) is 5.79. The van der Waals surface area contributed by atoms with Crippen LogP contribution in [0.5, 0.6) is 0 Å². The number of benzene rings is 1. The zero-order valence-corrected chi connectivity index (χ0v) is 12.6. The minimum atomic E-state index is -4.11. The molecule has 1 aromatic rings. The van der Waals surface area contributed by atoms with Crippen LogP contribution in [-0.4, -0.2) is 25.9 Å². The lowest BCUT2D eigenvalue weighted by molar-refractivity contribution is -0.138. The van der Waals surface area contributed by atoms with Gasteiger partial charge in [0, 0.05) is 19.6 Å². The summed E-state index contributed by atoms with van der Waals surface area (Å²) in [4.78, 5) is 0. The normalized spacial score (nSPS) is 13.6. The Labute approximate surface area is 124 Å². The summed E-state index contributed by atoms with van der Waals surface area (Å²) >= 11 is 0. The molecule has 0 amide bonds. The molecule has 1 N–H and O–H groups in total. The Morgan fingerprint density at radius 1 is 1.10 bits per heavy atom. The van der Waals surface area contributed by atoms with Crippen molar-refractivity contribution >= 4 is 0 Å². The monoisotopic (exact) mass is 303 g/mol. The fourth-order valence-corrected chi connectivity index (χ4v) is 1.94. The van der Waals surface area contributed by atoms with Crippen LogP contribution in [-0.2, 0) is 4.74 Å². The van der Waals surface area contributed by atoms with E-state index in [1.54, 1.807) is 0 Å². The van der Waals surface area contributed by atoms with Crippen LogP contribution in [0.15, 0.2) is 30.3 Å². The molecular weight excluding hydrogens is 279 g/mol. The van der Waals surface area contributed by atoms with E-state index < -0.39 is 12.6 Å². The van der Waals surface area contributed by atoms with E-state index in [-0.39, 0.29) is 19.1 Å². The first kappa shape index (κ1) is 18.0. The minimum absolute atomic E-state index is 0.00296. The molecule has 0 aliphatic carbocycles. The van der Waals surface area contributed by atoms with Crippen molar-refractivity contribution in [3.63, 3.8) is 0 Å². The van der Waals surface area contributed by atoms with Gasteiger partial charge in [-0.3, -0.25) is 0 Å². The molecule has 1 unspecified atom stereocenters. The van der Waals surface area contributed by atoms with Crippen LogP contribution in [0.2, 0.25) is 0 Å². The van der Waals surface area contributed by atoms with Gasteiger partial charge in [0.15, 0.2) is 0 Å². The summed E-state index contributed by atoms with van der Waals surface area (Å²) < 4.78 is 42.0. The van der Waals surface area contributed by atoms with Crippen LogP contribution in [0.25, 0.3) is 0 Å². The van der Waals surface area contributed by atoms with Gasteiger partial charge < -0.3 is 10.1 Å². The summed E-state index contributed by atoms with van der Waals surface area (Å²) in [5.74, 6) is 0.520. The number of nitrogens with one attached hydrogen (secondary N) is 1. The molecule has 21 heavy (non-hydrogen) atoms. The largest absolute Gasteiger partial charge is 0.389 e. The molecule has 1 aromatic carbocycles. The van der Waals surface area contributed by atoms with Crippen LogP contribution in [0.3, 0.4) is 0 Å². The van der Waals surface area contributed by atoms with Crippen molar-refractivity contribution in [3.05, 3.63) is 35.9 Å². The van der Waals surface area contributed by atoms with Crippen LogP contribution in [0.1, 0.15) is 38.4 Å². The minimum Gasteiger partial charge on any atom is -0.372 e. The van der Waals surface area contributed by atoms with Gasteiger partial charge in [-0.25, -0.2) is 0 Å². The van der Waals surface area contributed by atoms with Crippen molar-refractivity contribution in [2.24, 2.45) is 5.92 Å². The van der Waals surface area contributed by atoms with E-state index in [0.717, 1.165) is 12.1 Å². The first-order valence-electron chi connectivity index (χ1n) is 7.32. The molecule has 2 nitrogen and oxygen atoms in total. The third-order valence-electron chi connectivity index (χ3n) is 2.98. The number of hydrogen-bond acceptors (Lipinski definition) is 2. The second-order valence-corrected chi connectivity index (χ2v) is 5.54. The maximum absolute atomic E-state index is 12.1. The summed E-state index contributed by atoms with van der Waals surface area (Å²) in [7, 11) is 0. The number of halogens is 3. The molecule has 0 heterocycles. The second kappa shape index (κ2) is 9.05. The number of rotatable bonds is 9. The van der Waals surface area contributed by atoms with Crippen LogP contribution < -0.4 is 5.32 Å². The van der Waals surface area contributed by atoms with Gasteiger partial charge in [0.2, 0.25) is 0 Å². The summed E-state index contributed by atoms with van der Waals surface area (Å²) in [5.41, 5.74) is 0.987. The summed E-state index contributed by atoms with van der Waals surface area (Å²) in [5, 5.41) is 3.29. The Bertz CT molecular complexity index is 379. The molecule has 1 atom stereocenters. The maximum atomic E-state index is 12.1. The molecule has 0 aliphatic heterocycles. The van der Waals surface area contributed by atoms with Gasteiger partial charge in [0.25, 0.3) is 0 Å². The zero-order chi connectivity index (χ0) is 15.7. The highest BCUT2D eigenvalue weighted by Crippen LogP contribution is 2.22. The molecule has 0 spiro atoms. The molecule has 5 heteroatoms. The molecule has 0 aliphatic rings. The average Bonchev–Trinajstić information content (AvgIpc) is 2.41. The third-order valence-corrected chi connectivity index (χ3v) is 2.98. The van der Waals surface area contributed by atoms with Gasteiger partial charge in [-0.2, -0.15) is 13.2 Å². The average molecular weight is 303 g/mol. The zero-order valence-electron chi connectivity index (χ0n) is 12.6. The first-order valence-corrected chi connectivity index (χ1v) is 7.32. The predicted molar refractivity (Wildman–Crippen MR) is 78.1 cm³/mol. The van der Waals surface area contributed by atoms with Gasteiger partial charge in [-0.1, -0.05) is 44.2 Å². The Balaban J connectivity index is 2.45. The molecule has 0 fully saturated rings. The Hall–Kier alpha value is -1.07. The highest BCUT2D eigenvalue weighted by Gasteiger charge is 2.26. The highest BCUT2D eigenvalue weighted by molar-refractivity contribution is 5.17. The Morgan fingerprint density at radius 3 is 2.33 bits per heavy atom. The van der Waals surface area contributed by atoms with Gasteiger partial charge in [-0.05, 0) is 24.4 Å². The van der Waals surface area contributed by atoms with E-state index in [9.17, 15) is 13.2 Å². The summed E-state index contributed by atoms with van der Waals surface area (Å²) in [6, 6.07) is 9.59. The van der Waals surface area contributed by atoms with E-state index in [1.807, 2.05) is 30.3 Å². The number of hydrogen-bond donors (Lipinski definition) is 1. The van der Waals surface area contributed by atoms with Crippen molar-refractivity contribution in [3.8, 4) is 0 Å². The van der Waals surface area contributed by atoms with Crippen molar-refractivity contribution in [1.29, 1.82) is 0 Å². The van der Waals surface area contributed by atoms with E-state index in [1.165, 1.54) is 0 Å². The number of alkyl halides is 3. The standard InChI is InChI=1S/C16H24F3NO/c1-13(2)11-20-12-15(14-7-4-3-5-8-14)21-10-6-9-16(17,18)19/h3-5,7-8,13,15,20H,6,9-12H2,1-2H3. The van der Waals surface area contributed by atoms with E-state index in [4.69, 9.17) is 4.74 Å². The van der Waals surface area contributed by atoms with Crippen molar-refractivity contribution < 1.29 is 17.9 Å². The SMILES string of the molecule is CC(C)CNCC(OCCCC(F)(F)F)c1ccccc1. The number of ether oxygens (including phenoxy) is 1. The van der Waals surface area contributed by atoms with Gasteiger partial charge in [0.1, 0.15) is 0 Å². The van der Waals surface area contributed by atoms with E-state index >= 15 is 0 Å². The molecular formula is C16H24F3NO. The van der Waals surface area contributed by atoms with Crippen LogP contribution >= 0.6 is 0 Å². The third kappa shape index (κ3) is 8.73. The fourth-order valence-electron chi connectivity index (χ4n) is 1.94. The molecule has 0 radical (unpaired) electrons. The molecule has 0 saturated carbocycles. The lowest BCUT2D eigenvalue weighted by Crippen LogP contribution is -2.27. The van der Waals surface area contributed by atoms with E-state index in [2.05, 4.69) is 19.2 Å². The maximum Gasteiger partial charge on any atom is 0.389 e. The topological polar surface area (TPSA) is 21.3 Å². The lowest BCUT2D eigenvalue weighted by atomic mass is 10.1. The smallest absolute Gasteiger partial charge is 0.372 e. The molecule has 1 rings (SSSR count). The first-order chi connectivity index (χ1) is 9.88. The summed E-state index contributed by atoms with van der Waals surface area (Å²) in [6.07, 6.45) is -5.12. The fraction of sp³-hybridized carbons (Fsp3) is 0.625. The molecule has 0 aromatic heterocycles. The van der Waals surface area contributed by atoms with Gasteiger partial charge in [-0.15, -0.1) is 0 Å². The van der Waals surface area contributed by atoms with Crippen molar-refractivity contribution in [1.82, 2.24) is 5.32 Å². The quantitative estimate of drug-likeness (QED) is 0.686. The van der Waals surface area contributed by atoms with Crippen LogP contribution in [0, 0.1) is 5.92 Å². The molecule has 0 saturated heterocycles. The predicted octanol–water partition coefficient (Wildman–Crippen LogP) is 4.33. The molecule has 120 valence electrons. The van der Waals surface area contributed by atoms with Gasteiger partial charge in [0.05, 0.1) is 6.10 Å². The van der Waals surface area contributed by atoms with Gasteiger partial charge >= 0.3 is 6.18 Å². The Morgan fingerprint density at radius 2 is 1.76 bits per heavy atom. The second-order valence-electron chi connectivity index (χ2n) is 5.54. The van der Waals surface area contributed by atoms with E-state index in [0.29, 0.717) is 12.5 Å². The van der Waals surface area contributed by atoms with Crippen molar-refractivity contribution in [2.75, 3.05) is 19.7 Å². The lowest BCUT2D eigenvalue weighted by Gasteiger charge is -2.20. The van der Waals surface area contributed by atoms with Crippen molar-refractivity contribution in [2.45, 2.75) is 39.0 Å². The molecule has 0 bridgehead atoms. The Kier molecular flexibility index (Phi) is 7.75. The van der Waals surface area contributed by atoms with Crippen LogP contribution in [0.4, 0.5) is 13.2 Å². The highest BCUT2D eigenvalue weighted by atomic mass is 19.4.